The second-order valence-corrected chi connectivity index (χ2v) is 2.95. The van der Waals surface area contributed by atoms with Crippen molar-refractivity contribution >= 4 is 11.8 Å². The van der Waals surface area contributed by atoms with Crippen LogP contribution in [0.1, 0.15) is 19.0 Å². The number of nitrogen functional groups attached to an aromatic ring is 1. The van der Waals surface area contributed by atoms with Gasteiger partial charge in [-0.2, -0.15) is 0 Å². The first kappa shape index (κ1) is 10.5. The van der Waals surface area contributed by atoms with E-state index in [1.165, 1.54) is 0 Å². The number of esters is 1. The molecule has 4 heteroatoms. The van der Waals surface area contributed by atoms with Crippen molar-refractivity contribution in [2.45, 2.75) is 19.8 Å². The van der Waals surface area contributed by atoms with E-state index < -0.39 is 0 Å². The number of pyridine rings is 1. The molecule has 0 aromatic carbocycles. The van der Waals surface area contributed by atoms with Gasteiger partial charge in [-0.1, -0.05) is 13.0 Å². The van der Waals surface area contributed by atoms with Crippen LogP contribution < -0.4 is 5.73 Å². The minimum Gasteiger partial charge on any atom is -0.465 e. The van der Waals surface area contributed by atoms with E-state index >= 15 is 0 Å². The zero-order valence-corrected chi connectivity index (χ0v) is 8.19. The third-order valence-electron chi connectivity index (χ3n) is 1.62. The topological polar surface area (TPSA) is 65.2 Å². The normalized spacial score (nSPS) is 9.79. The molecule has 1 aromatic heterocycles. The quantitative estimate of drug-likeness (QED) is 0.730. The Bertz CT molecular complexity index is 313. The van der Waals surface area contributed by atoms with Crippen molar-refractivity contribution in [2.24, 2.45) is 0 Å². The molecule has 0 bridgehead atoms. The maximum atomic E-state index is 11.2. The Kier molecular flexibility index (Phi) is 3.91. The molecule has 4 nitrogen and oxygen atoms in total. The van der Waals surface area contributed by atoms with Gasteiger partial charge in [-0.3, -0.25) is 4.79 Å². The van der Waals surface area contributed by atoms with Crippen LogP contribution in [0.15, 0.2) is 18.2 Å². The second kappa shape index (κ2) is 5.21. The van der Waals surface area contributed by atoms with E-state index in [2.05, 4.69) is 4.98 Å². The number of hydrogen-bond acceptors (Lipinski definition) is 4. The van der Waals surface area contributed by atoms with Crippen molar-refractivity contribution in [3.63, 3.8) is 0 Å². The van der Waals surface area contributed by atoms with Gasteiger partial charge in [-0.15, -0.1) is 0 Å². The first-order chi connectivity index (χ1) is 6.72. The van der Waals surface area contributed by atoms with E-state index in [1.807, 2.05) is 6.92 Å². The predicted octanol–water partition coefficient (Wildman–Crippen LogP) is 1.16. The van der Waals surface area contributed by atoms with Crippen LogP contribution in [0.5, 0.6) is 0 Å². The van der Waals surface area contributed by atoms with Crippen LogP contribution >= 0.6 is 0 Å². The molecule has 0 fully saturated rings. The number of nitrogens with two attached hydrogens (primary N) is 1. The standard InChI is InChI=1S/C10H14N2O2/c1-2-6-14-10(13)7-8-4-3-5-9(11)12-8/h3-5H,2,6-7H2,1H3,(H2,11,12). The van der Waals surface area contributed by atoms with E-state index in [4.69, 9.17) is 10.5 Å². The molecule has 0 aliphatic rings. The van der Waals surface area contributed by atoms with Crippen molar-refractivity contribution in [1.29, 1.82) is 0 Å². The Morgan fingerprint density at radius 1 is 1.57 bits per heavy atom. The molecule has 0 saturated heterocycles. The number of carbonyl (C=O) groups excluding carboxylic acids is 1. The zero-order chi connectivity index (χ0) is 10.4. The average Bonchev–Trinajstić information content (AvgIpc) is 2.15. The van der Waals surface area contributed by atoms with Crippen molar-refractivity contribution in [3.8, 4) is 0 Å². The highest BCUT2D eigenvalue weighted by Crippen LogP contribution is 2.02. The number of aromatic nitrogens is 1. The van der Waals surface area contributed by atoms with Gasteiger partial charge in [0.25, 0.3) is 0 Å². The van der Waals surface area contributed by atoms with E-state index in [0.29, 0.717) is 18.1 Å². The monoisotopic (exact) mass is 194 g/mol. The molecule has 2 N–H and O–H groups in total. The summed E-state index contributed by atoms with van der Waals surface area (Å²) in [5.41, 5.74) is 6.12. The van der Waals surface area contributed by atoms with Gasteiger partial charge < -0.3 is 10.5 Å². The van der Waals surface area contributed by atoms with Crippen LogP contribution in [0.25, 0.3) is 0 Å². The van der Waals surface area contributed by atoms with Gasteiger partial charge in [-0.25, -0.2) is 4.98 Å². The lowest BCUT2D eigenvalue weighted by atomic mass is 10.3. The molecular weight excluding hydrogens is 180 g/mol. The molecule has 0 aliphatic heterocycles. The summed E-state index contributed by atoms with van der Waals surface area (Å²) in [5.74, 6) is 0.163. The van der Waals surface area contributed by atoms with Gasteiger partial charge in [-0.05, 0) is 18.6 Å². The largest absolute Gasteiger partial charge is 0.465 e. The fourth-order valence-corrected chi connectivity index (χ4v) is 1.01. The number of ether oxygens (including phenoxy) is 1. The van der Waals surface area contributed by atoms with Gasteiger partial charge in [0.15, 0.2) is 0 Å². The lowest BCUT2D eigenvalue weighted by molar-refractivity contribution is -0.142. The highest BCUT2D eigenvalue weighted by molar-refractivity contribution is 5.72. The molecule has 0 radical (unpaired) electrons. The lowest BCUT2D eigenvalue weighted by Gasteiger charge is -2.02. The van der Waals surface area contributed by atoms with Gasteiger partial charge in [0, 0.05) is 0 Å². The molecule has 0 spiro atoms. The van der Waals surface area contributed by atoms with Crippen LogP contribution in [0.3, 0.4) is 0 Å². The van der Waals surface area contributed by atoms with Gasteiger partial charge in [0.1, 0.15) is 5.82 Å². The summed E-state index contributed by atoms with van der Waals surface area (Å²) in [6.07, 6.45) is 1.02. The van der Waals surface area contributed by atoms with E-state index in [-0.39, 0.29) is 12.4 Å². The maximum absolute atomic E-state index is 11.2. The van der Waals surface area contributed by atoms with Gasteiger partial charge in [0.2, 0.25) is 0 Å². The van der Waals surface area contributed by atoms with Crippen molar-refractivity contribution in [3.05, 3.63) is 23.9 Å². The highest BCUT2D eigenvalue weighted by atomic mass is 16.5. The molecule has 0 unspecified atom stereocenters. The summed E-state index contributed by atoms with van der Waals surface area (Å²) >= 11 is 0. The Morgan fingerprint density at radius 3 is 3.00 bits per heavy atom. The molecule has 0 saturated carbocycles. The second-order valence-electron chi connectivity index (χ2n) is 2.95. The Labute approximate surface area is 83.1 Å². The molecule has 0 amide bonds. The van der Waals surface area contributed by atoms with E-state index in [9.17, 15) is 4.79 Å². The minimum absolute atomic E-state index is 0.186. The minimum atomic E-state index is -0.259. The van der Waals surface area contributed by atoms with Crippen LogP contribution in [0.4, 0.5) is 5.82 Å². The Morgan fingerprint density at radius 2 is 2.36 bits per heavy atom. The summed E-state index contributed by atoms with van der Waals surface area (Å²) in [7, 11) is 0. The van der Waals surface area contributed by atoms with Gasteiger partial charge >= 0.3 is 5.97 Å². The summed E-state index contributed by atoms with van der Waals surface area (Å²) in [6.45, 7) is 2.41. The van der Waals surface area contributed by atoms with E-state index in [0.717, 1.165) is 6.42 Å². The number of carbonyl (C=O) groups is 1. The molecular formula is C10H14N2O2. The molecule has 1 rings (SSSR count). The summed E-state index contributed by atoms with van der Waals surface area (Å²) in [6, 6.07) is 5.20. The van der Waals surface area contributed by atoms with Crippen LogP contribution in [-0.4, -0.2) is 17.6 Å². The Balaban J connectivity index is 2.47. The lowest BCUT2D eigenvalue weighted by Crippen LogP contribution is -2.10. The fraction of sp³-hybridized carbons (Fsp3) is 0.400. The Hall–Kier alpha value is -1.58. The van der Waals surface area contributed by atoms with Crippen LogP contribution in [0.2, 0.25) is 0 Å². The van der Waals surface area contributed by atoms with Crippen molar-refractivity contribution in [2.75, 3.05) is 12.3 Å². The fourth-order valence-electron chi connectivity index (χ4n) is 1.01. The van der Waals surface area contributed by atoms with E-state index in [1.54, 1.807) is 18.2 Å². The summed E-state index contributed by atoms with van der Waals surface area (Å²) in [4.78, 5) is 15.2. The highest BCUT2D eigenvalue weighted by Gasteiger charge is 2.05. The molecule has 0 aliphatic carbocycles. The van der Waals surface area contributed by atoms with Crippen LogP contribution in [0, 0.1) is 0 Å². The molecule has 1 aromatic rings. The van der Waals surface area contributed by atoms with Gasteiger partial charge in [0.05, 0.1) is 18.7 Å². The third kappa shape index (κ3) is 3.43. The number of rotatable bonds is 4. The predicted molar refractivity (Wildman–Crippen MR) is 53.6 cm³/mol. The first-order valence-corrected chi connectivity index (χ1v) is 4.59. The third-order valence-corrected chi connectivity index (χ3v) is 1.62. The molecule has 14 heavy (non-hydrogen) atoms. The number of hydrogen-bond donors (Lipinski definition) is 1. The smallest absolute Gasteiger partial charge is 0.311 e. The summed E-state index contributed by atoms with van der Waals surface area (Å²) < 4.78 is 4.92. The molecule has 76 valence electrons. The molecule has 0 atom stereocenters. The summed E-state index contributed by atoms with van der Waals surface area (Å²) in [5, 5.41) is 0. The average molecular weight is 194 g/mol. The maximum Gasteiger partial charge on any atom is 0.311 e. The first-order valence-electron chi connectivity index (χ1n) is 4.59. The molecule has 1 heterocycles. The van der Waals surface area contributed by atoms with Crippen molar-refractivity contribution in [1.82, 2.24) is 4.98 Å². The zero-order valence-electron chi connectivity index (χ0n) is 8.19. The number of nitrogens with zero attached hydrogens (tertiary/aromatic N) is 1. The van der Waals surface area contributed by atoms with Crippen molar-refractivity contribution < 1.29 is 9.53 Å². The SMILES string of the molecule is CCCOC(=O)Cc1cccc(N)n1. The van der Waals surface area contributed by atoms with Crippen LogP contribution in [-0.2, 0) is 16.0 Å². The number of anilines is 1.